The third-order valence-corrected chi connectivity index (χ3v) is 29.8. The Kier molecular flexibility index (Phi) is 22.3. The number of hydrogen-bond acceptors (Lipinski definition) is 0. The van der Waals surface area contributed by atoms with Gasteiger partial charge in [-0.2, -0.15) is 0 Å². The van der Waals surface area contributed by atoms with Crippen molar-refractivity contribution in [1.82, 2.24) is 0 Å². The van der Waals surface area contributed by atoms with Crippen molar-refractivity contribution < 1.29 is 0 Å². The van der Waals surface area contributed by atoms with Gasteiger partial charge in [0.25, 0.3) is 0 Å². The summed E-state index contributed by atoms with van der Waals surface area (Å²) in [4.78, 5) is 0. The molecule has 0 aromatic rings. The molecule has 11 atom stereocenters. The van der Waals surface area contributed by atoms with Gasteiger partial charge in [0.15, 0.2) is 0 Å². The van der Waals surface area contributed by atoms with Crippen LogP contribution in [0.2, 0.25) is 0 Å². The van der Waals surface area contributed by atoms with Crippen LogP contribution in [0.3, 0.4) is 0 Å². The van der Waals surface area contributed by atoms with Gasteiger partial charge in [0.1, 0.15) is 0 Å². The van der Waals surface area contributed by atoms with Crippen LogP contribution in [0.25, 0.3) is 0 Å². The summed E-state index contributed by atoms with van der Waals surface area (Å²) in [5, 5.41) is 0. The smallest absolute Gasteiger partial charge is 0.0297 e. The van der Waals surface area contributed by atoms with Crippen molar-refractivity contribution in [2.24, 2.45) is 139 Å². The summed E-state index contributed by atoms with van der Waals surface area (Å²) in [6, 6.07) is 0. The van der Waals surface area contributed by atoms with Crippen molar-refractivity contribution in [2.45, 2.75) is 343 Å². The van der Waals surface area contributed by atoms with Crippen LogP contribution in [0.15, 0.2) is 0 Å². The molecule has 76 heavy (non-hydrogen) atoms. The topological polar surface area (TPSA) is 0 Å². The maximum atomic E-state index is 2.49. The SMILES string of the molecule is CC1C2CCC(CC2)[C@H]1C.CC1CCC(C)(C)CC1.CCC1(C)CCCC1.C[C@@H]1C2CCC(C2)C1(C)C.C[C@@H]1C2CCC(CC2)C1(C)C.C[C@H]1CC2CCC1(C)C2.C[C@H]1CC2CCC1(C)CC2.C[C@H]1CC2CCC1CC2. The van der Waals surface area contributed by atoms with Gasteiger partial charge in [0.2, 0.25) is 0 Å². The third-order valence-electron chi connectivity index (χ3n) is 29.8. The van der Waals surface area contributed by atoms with Gasteiger partial charge >= 0.3 is 0 Å². The molecule has 0 spiro atoms. The molecule has 0 N–H and O–H groups in total. The van der Waals surface area contributed by atoms with Crippen molar-refractivity contribution in [3.8, 4) is 0 Å². The van der Waals surface area contributed by atoms with Crippen molar-refractivity contribution in [3.63, 3.8) is 0 Å². The minimum atomic E-state index is 0.654. The van der Waals surface area contributed by atoms with Crippen molar-refractivity contribution in [2.75, 3.05) is 0 Å². The Hall–Kier alpha value is 0. The van der Waals surface area contributed by atoms with Gasteiger partial charge in [-0.05, 0) is 312 Å². The van der Waals surface area contributed by atoms with E-state index in [1.54, 1.807) is 32.1 Å². The first-order valence-corrected chi connectivity index (χ1v) is 35.7. The van der Waals surface area contributed by atoms with E-state index in [-0.39, 0.29) is 0 Å². The first-order chi connectivity index (χ1) is 35.7. The van der Waals surface area contributed by atoms with Crippen LogP contribution in [0.5, 0.6) is 0 Å². The van der Waals surface area contributed by atoms with Crippen molar-refractivity contribution >= 4 is 0 Å². The minimum Gasteiger partial charge on any atom is -0.0649 e. The molecule has 0 aromatic carbocycles. The summed E-state index contributed by atoms with van der Waals surface area (Å²) in [7, 11) is 0. The molecule has 18 aliphatic rings. The Morgan fingerprint density at radius 1 is 0.342 bits per heavy atom. The molecule has 18 saturated carbocycles. The second-order valence-electron chi connectivity index (χ2n) is 35.3. The highest BCUT2D eigenvalue weighted by atomic mass is 14.6. The van der Waals surface area contributed by atoms with E-state index in [4.69, 9.17) is 0 Å². The van der Waals surface area contributed by atoms with Crippen LogP contribution < -0.4 is 0 Å². The van der Waals surface area contributed by atoms with Gasteiger partial charge in [-0.1, -0.05) is 170 Å². The molecular weight excluding hydrogens is 913 g/mol. The summed E-state index contributed by atoms with van der Waals surface area (Å²) in [5.74, 6) is 19.1. The molecule has 444 valence electrons. The lowest BCUT2D eigenvalue weighted by Gasteiger charge is -2.53. The van der Waals surface area contributed by atoms with E-state index in [0.717, 1.165) is 123 Å². The molecule has 0 heteroatoms. The average molecular weight is 1050 g/mol. The predicted octanol–water partition coefficient (Wildman–Crippen LogP) is 24.7. The van der Waals surface area contributed by atoms with Crippen LogP contribution in [-0.2, 0) is 0 Å². The van der Waals surface area contributed by atoms with Crippen molar-refractivity contribution in [1.29, 1.82) is 0 Å². The Morgan fingerprint density at radius 3 is 1.03 bits per heavy atom. The summed E-state index contributed by atoms with van der Waals surface area (Å²) in [5.41, 5.74) is 4.23. The van der Waals surface area contributed by atoms with E-state index >= 15 is 0 Å². The van der Waals surface area contributed by atoms with Gasteiger partial charge in [-0.15, -0.1) is 0 Å². The van der Waals surface area contributed by atoms with E-state index in [0.29, 0.717) is 16.2 Å². The van der Waals surface area contributed by atoms with Gasteiger partial charge in [-0.3, -0.25) is 0 Å². The average Bonchev–Trinajstić information content (AvgIpc) is 4.25. The molecule has 0 aliphatic heterocycles. The minimum absolute atomic E-state index is 0.654. The summed E-state index contributed by atoms with van der Waals surface area (Å²) in [6.45, 7) is 43.9. The van der Waals surface area contributed by atoms with E-state index in [1.807, 2.05) is 0 Å². The largest absolute Gasteiger partial charge is 0.0649 e. The highest BCUT2D eigenvalue weighted by Crippen LogP contribution is 2.60. The first kappa shape index (κ1) is 63.6. The zero-order chi connectivity index (χ0) is 55.4. The fourth-order valence-electron chi connectivity index (χ4n) is 21.0. The van der Waals surface area contributed by atoms with Crippen LogP contribution in [0.1, 0.15) is 343 Å². The second kappa shape index (κ2) is 26.7. The summed E-state index contributed by atoms with van der Waals surface area (Å²) in [6.07, 6.45) is 51.3. The lowest BCUT2D eigenvalue weighted by Crippen LogP contribution is -2.44. The van der Waals surface area contributed by atoms with E-state index in [1.165, 1.54) is 186 Å². The number of hydrogen-bond donors (Lipinski definition) is 0. The normalized spacial score (nSPS) is 46.3. The molecular formula is C76H140. The molecule has 0 nitrogen and oxygen atoms in total. The molecule has 0 saturated heterocycles. The number of rotatable bonds is 1. The van der Waals surface area contributed by atoms with E-state index < -0.39 is 0 Å². The molecule has 0 aromatic heterocycles. The van der Waals surface area contributed by atoms with Crippen LogP contribution in [-0.4, -0.2) is 0 Å². The zero-order valence-corrected chi connectivity index (χ0v) is 55.4. The maximum absolute atomic E-state index is 2.49. The molecule has 18 rings (SSSR count). The number of fused-ring (bicyclic) bond motifs is 16. The van der Waals surface area contributed by atoms with Gasteiger partial charge in [-0.25, -0.2) is 0 Å². The van der Waals surface area contributed by atoms with Gasteiger partial charge in [0, 0.05) is 0 Å². The van der Waals surface area contributed by atoms with Gasteiger partial charge < -0.3 is 0 Å². The molecule has 0 radical (unpaired) electrons. The van der Waals surface area contributed by atoms with E-state index in [9.17, 15) is 0 Å². The second-order valence-corrected chi connectivity index (χ2v) is 35.3. The molecule has 18 fully saturated rings. The third kappa shape index (κ3) is 15.8. The highest BCUT2D eigenvalue weighted by Gasteiger charge is 2.51. The first-order valence-electron chi connectivity index (χ1n) is 35.7. The van der Waals surface area contributed by atoms with Crippen LogP contribution in [0, 0.1) is 139 Å². The quantitative estimate of drug-likeness (QED) is 0.246. The molecule has 5 unspecified atom stereocenters. The summed E-state index contributed by atoms with van der Waals surface area (Å²) < 4.78 is 0. The molecule has 0 heterocycles. The zero-order valence-electron chi connectivity index (χ0n) is 55.4. The molecule has 12 bridgehead atoms. The Bertz CT molecular complexity index is 1630. The fourth-order valence-corrected chi connectivity index (χ4v) is 21.0. The standard InChI is InChI=1S/C11H20.3C10H18.2C9H16.C9H18.C8H16/c1-8-9-4-6-10(7-5-9)11(8,2)3;1-7-8-4-5-9(6-8)10(7,2)3;1-8-7-9-3-5-10(8,2)6-4-9;1-7-8(2)10-5-3-9(7)4-6-10;1-7-5-8-3-4-9(7,2)6-8;1-7-6-8-2-4-9(7)5-3-8;1-8-4-6-9(2,3)7-5-8;1-3-8(2)6-4-5-7-8/h8-10H,4-7H2,1-3H3;7-9H,4-6H2,1-3H3;8-9H,3-7H2,1-2H3;7-10H,3-6H2,1-2H3;7-8H,3-6H2,1-2H3;7-9H,2-6H2,1H3;8H,4-7H2,1-3H3;3-7H2,1-2H3/t8-,9?,10?;7-,8?,9?;8-,9?,10?;7-,8?,9?,10?;2*7-,8?,9?;;/m110000../s1. The van der Waals surface area contributed by atoms with E-state index in [2.05, 4.69) is 125 Å². The van der Waals surface area contributed by atoms with Crippen LogP contribution in [0.4, 0.5) is 0 Å². The lowest BCUT2D eigenvalue weighted by molar-refractivity contribution is -0.0319. The van der Waals surface area contributed by atoms with Gasteiger partial charge in [0.05, 0.1) is 0 Å². The Morgan fingerprint density at radius 2 is 0.763 bits per heavy atom. The molecule has 18 aliphatic carbocycles. The Labute approximate surface area is 479 Å². The fraction of sp³-hybridized carbons (Fsp3) is 1.00. The van der Waals surface area contributed by atoms with Crippen molar-refractivity contribution in [3.05, 3.63) is 0 Å². The lowest BCUT2D eigenvalue weighted by atomic mass is 9.52. The van der Waals surface area contributed by atoms with Crippen LogP contribution >= 0.6 is 0 Å². The maximum Gasteiger partial charge on any atom is -0.0297 e. The molecule has 0 amide bonds. The highest BCUT2D eigenvalue weighted by molar-refractivity contribution is 5.00. The summed E-state index contributed by atoms with van der Waals surface area (Å²) >= 11 is 0. The predicted molar refractivity (Wildman–Crippen MR) is 337 cm³/mol. The monoisotopic (exact) mass is 1050 g/mol. The Balaban J connectivity index is 0.000000127.